The van der Waals surface area contributed by atoms with E-state index in [1.165, 1.54) is 12.3 Å². The maximum absolute atomic E-state index is 5.64. The Labute approximate surface area is 74.5 Å². The molecule has 2 N–H and O–H groups in total. The minimum absolute atomic E-state index is 0.340. The van der Waals surface area contributed by atoms with E-state index in [1.54, 1.807) is 0 Å². The molecule has 0 aromatic carbocycles. The fourth-order valence-corrected chi connectivity index (χ4v) is 1.28. The molecule has 0 amide bonds. The van der Waals surface area contributed by atoms with Crippen LogP contribution in [0.15, 0.2) is 0 Å². The van der Waals surface area contributed by atoms with Crippen molar-refractivity contribution in [3.63, 3.8) is 0 Å². The smallest absolute Gasteiger partial charge is 0.00692 e. The van der Waals surface area contributed by atoms with Crippen molar-refractivity contribution in [1.82, 2.24) is 4.90 Å². The van der Waals surface area contributed by atoms with Crippen LogP contribution in [0, 0.1) is 0 Å². The summed E-state index contributed by atoms with van der Waals surface area (Å²) in [6, 6.07) is 0.340. The highest BCUT2D eigenvalue weighted by Gasteiger charge is 1.98. The average Bonchev–Trinajstić information content (AvgIpc) is 1.97. The van der Waals surface area contributed by atoms with Gasteiger partial charge in [-0.2, -0.15) is 11.8 Å². The van der Waals surface area contributed by atoms with Crippen molar-refractivity contribution in [2.45, 2.75) is 19.4 Å². The van der Waals surface area contributed by atoms with Crippen molar-refractivity contribution in [2.75, 3.05) is 32.1 Å². The SMILES string of the molecule is CSCCN(C)CCC(C)N. The summed E-state index contributed by atoms with van der Waals surface area (Å²) >= 11 is 1.89. The molecule has 2 nitrogen and oxygen atoms in total. The van der Waals surface area contributed by atoms with Gasteiger partial charge in [-0.3, -0.25) is 0 Å². The summed E-state index contributed by atoms with van der Waals surface area (Å²) in [4.78, 5) is 2.33. The highest BCUT2D eigenvalue weighted by molar-refractivity contribution is 7.98. The first kappa shape index (κ1) is 11.3. The first-order valence-corrected chi connectivity index (χ1v) is 5.49. The van der Waals surface area contributed by atoms with Crippen molar-refractivity contribution >= 4 is 11.8 Å². The number of thioether (sulfide) groups is 1. The van der Waals surface area contributed by atoms with E-state index in [9.17, 15) is 0 Å². The van der Waals surface area contributed by atoms with Crippen molar-refractivity contribution in [2.24, 2.45) is 5.73 Å². The van der Waals surface area contributed by atoms with Gasteiger partial charge in [0.05, 0.1) is 0 Å². The van der Waals surface area contributed by atoms with Gasteiger partial charge in [0.2, 0.25) is 0 Å². The Hall–Kier alpha value is 0.270. The molecular weight excluding hydrogens is 156 g/mol. The van der Waals surface area contributed by atoms with E-state index in [0.29, 0.717) is 6.04 Å². The van der Waals surface area contributed by atoms with Crippen LogP contribution in [-0.4, -0.2) is 43.1 Å². The van der Waals surface area contributed by atoms with Crippen LogP contribution in [0.3, 0.4) is 0 Å². The molecule has 0 aliphatic rings. The Balaban J connectivity index is 3.15. The second-order valence-electron chi connectivity index (χ2n) is 3.06. The lowest BCUT2D eigenvalue weighted by molar-refractivity contribution is 0.340. The van der Waals surface area contributed by atoms with E-state index in [2.05, 4.69) is 25.1 Å². The summed E-state index contributed by atoms with van der Waals surface area (Å²) in [6.45, 7) is 4.36. The molecule has 0 radical (unpaired) electrons. The minimum atomic E-state index is 0.340. The molecule has 0 fully saturated rings. The van der Waals surface area contributed by atoms with Gasteiger partial charge in [-0.05, 0) is 33.2 Å². The molecule has 0 aromatic rings. The van der Waals surface area contributed by atoms with E-state index in [1.807, 2.05) is 11.8 Å². The summed E-state index contributed by atoms with van der Waals surface area (Å²) < 4.78 is 0. The monoisotopic (exact) mass is 176 g/mol. The third kappa shape index (κ3) is 8.17. The van der Waals surface area contributed by atoms with Crippen LogP contribution in [0.5, 0.6) is 0 Å². The molecule has 0 aliphatic heterocycles. The normalized spacial score (nSPS) is 13.9. The molecule has 1 unspecified atom stereocenters. The third-order valence-corrected chi connectivity index (χ3v) is 2.23. The van der Waals surface area contributed by atoms with Crippen LogP contribution in [0.25, 0.3) is 0 Å². The van der Waals surface area contributed by atoms with Gasteiger partial charge in [-0.15, -0.1) is 0 Å². The lowest BCUT2D eigenvalue weighted by atomic mass is 10.2. The van der Waals surface area contributed by atoms with Gasteiger partial charge >= 0.3 is 0 Å². The Kier molecular flexibility index (Phi) is 7.12. The van der Waals surface area contributed by atoms with Gasteiger partial charge in [0.1, 0.15) is 0 Å². The quantitative estimate of drug-likeness (QED) is 0.655. The Morgan fingerprint density at radius 1 is 1.45 bits per heavy atom. The lowest BCUT2D eigenvalue weighted by Crippen LogP contribution is -2.27. The highest BCUT2D eigenvalue weighted by Crippen LogP contribution is 1.95. The van der Waals surface area contributed by atoms with Crippen molar-refractivity contribution in [3.8, 4) is 0 Å². The van der Waals surface area contributed by atoms with Crippen LogP contribution >= 0.6 is 11.8 Å². The van der Waals surface area contributed by atoms with Crippen molar-refractivity contribution < 1.29 is 0 Å². The Morgan fingerprint density at radius 3 is 2.55 bits per heavy atom. The zero-order chi connectivity index (χ0) is 8.69. The molecule has 0 heterocycles. The maximum Gasteiger partial charge on any atom is 0.00692 e. The molecule has 0 saturated carbocycles. The molecule has 0 saturated heterocycles. The Bertz CT molecular complexity index is 86.2. The third-order valence-electron chi connectivity index (χ3n) is 1.64. The second kappa shape index (κ2) is 6.95. The molecular formula is C8H20N2S. The summed E-state index contributed by atoms with van der Waals surface area (Å²) in [5.74, 6) is 1.22. The predicted octanol–water partition coefficient (Wildman–Crippen LogP) is 1.02. The molecule has 3 heteroatoms. The number of nitrogens with zero attached hydrogens (tertiary/aromatic N) is 1. The number of rotatable bonds is 6. The molecule has 0 aliphatic carbocycles. The minimum Gasteiger partial charge on any atom is -0.328 e. The summed E-state index contributed by atoms with van der Waals surface area (Å²) in [7, 11) is 2.15. The van der Waals surface area contributed by atoms with Crippen molar-refractivity contribution in [3.05, 3.63) is 0 Å². The summed E-state index contributed by atoms with van der Waals surface area (Å²) in [6.07, 6.45) is 3.24. The number of nitrogens with two attached hydrogens (primary N) is 1. The first-order chi connectivity index (χ1) is 5.16. The van der Waals surface area contributed by atoms with E-state index >= 15 is 0 Å². The summed E-state index contributed by atoms with van der Waals surface area (Å²) in [5, 5.41) is 0. The Morgan fingerprint density at radius 2 is 2.09 bits per heavy atom. The zero-order valence-electron chi connectivity index (χ0n) is 7.84. The molecule has 1 atom stereocenters. The van der Waals surface area contributed by atoms with Crippen LogP contribution in [0.2, 0.25) is 0 Å². The van der Waals surface area contributed by atoms with Gasteiger partial charge < -0.3 is 10.6 Å². The zero-order valence-corrected chi connectivity index (χ0v) is 8.66. The molecule has 0 rings (SSSR count). The predicted molar refractivity (Wildman–Crippen MR) is 54.1 cm³/mol. The molecule has 68 valence electrons. The van der Waals surface area contributed by atoms with E-state index in [0.717, 1.165) is 13.0 Å². The van der Waals surface area contributed by atoms with Crippen molar-refractivity contribution in [1.29, 1.82) is 0 Å². The highest BCUT2D eigenvalue weighted by atomic mass is 32.2. The molecule has 0 aromatic heterocycles. The van der Waals surface area contributed by atoms with Gasteiger partial charge in [-0.25, -0.2) is 0 Å². The van der Waals surface area contributed by atoms with Crippen LogP contribution in [0.1, 0.15) is 13.3 Å². The first-order valence-electron chi connectivity index (χ1n) is 4.10. The van der Waals surface area contributed by atoms with E-state index in [-0.39, 0.29) is 0 Å². The molecule has 0 bridgehead atoms. The van der Waals surface area contributed by atoms with Gasteiger partial charge in [-0.1, -0.05) is 0 Å². The largest absolute Gasteiger partial charge is 0.328 e. The number of hydrogen-bond donors (Lipinski definition) is 1. The number of hydrogen-bond acceptors (Lipinski definition) is 3. The van der Waals surface area contributed by atoms with Crippen LogP contribution in [0.4, 0.5) is 0 Å². The summed E-state index contributed by atoms with van der Waals surface area (Å²) in [5.41, 5.74) is 5.64. The van der Waals surface area contributed by atoms with Crippen LogP contribution < -0.4 is 5.73 Å². The average molecular weight is 176 g/mol. The molecule has 0 spiro atoms. The fraction of sp³-hybridized carbons (Fsp3) is 1.00. The van der Waals surface area contributed by atoms with Crippen LogP contribution in [-0.2, 0) is 0 Å². The topological polar surface area (TPSA) is 29.3 Å². The van der Waals surface area contributed by atoms with Gasteiger partial charge in [0.15, 0.2) is 0 Å². The lowest BCUT2D eigenvalue weighted by Gasteiger charge is -2.16. The van der Waals surface area contributed by atoms with Gasteiger partial charge in [0, 0.05) is 18.3 Å². The fourth-order valence-electron chi connectivity index (χ4n) is 0.783. The standard InChI is InChI=1S/C8H20N2S/c1-8(9)4-5-10(2)6-7-11-3/h8H,4-7,9H2,1-3H3. The second-order valence-corrected chi connectivity index (χ2v) is 4.05. The van der Waals surface area contributed by atoms with Gasteiger partial charge in [0.25, 0.3) is 0 Å². The van der Waals surface area contributed by atoms with E-state index < -0.39 is 0 Å². The maximum atomic E-state index is 5.64. The molecule has 11 heavy (non-hydrogen) atoms. The van der Waals surface area contributed by atoms with E-state index in [4.69, 9.17) is 5.73 Å².